The maximum Gasteiger partial charge on any atom is 0.225 e. The highest BCUT2D eigenvalue weighted by atomic mass is 16.6. The zero-order chi connectivity index (χ0) is 13.1. The Balaban J connectivity index is 1.84. The van der Waals surface area contributed by atoms with Crippen molar-refractivity contribution in [2.45, 2.75) is 27.3 Å². The van der Waals surface area contributed by atoms with Crippen molar-refractivity contribution < 1.29 is 9.42 Å². The zero-order valence-electron chi connectivity index (χ0n) is 11.2. The molecule has 0 aromatic carbocycles. The number of carbonyl (C=O) groups is 1. The number of carbonyl (C=O) groups excluding carboxylic acids is 1. The van der Waals surface area contributed by atoms with Crippen LogP contribution in [0, 0.1) is 12.8 Å². The van der Waals surface area contributed by atoms with E-state index in [1.54, 1.807) is 0 Å². The molecule has 0 N–H and O–H groups in total. The van der Waals surface area contributed by atoms with Crippen LogP contribution in [-0.4, -0.2) is 52.2 Å². The van der Waals surface area contributed by atoms with Gasteiger partial charge in [0.25, 0.3) is 0 Å². The molecule has 1 aromatic heterocycles. The molecule has 1 fully saturated rings. The summed E-state index contributed by atoms with van der Waals surface area (Å²) in [5.41, 5.74) is 1.73. The van der Waals surface area contributed by atoms with E-state index in [1.807, 2.05) is 25.7 Å². The van der Waals surface area contributed by atoms with Gasteiger partial charge in [0.05, 0.1) is 0 Å². The van der Waals surface area contributed by atoms with Crippen LogP contribution in [0.15, 0.2) is 4.63 Å². The van der Waals surface area contributed by atoms with Crippen LogP contribution in [0.25, 0.3) is 0 Å². The maximum atomic E-state index is 11.8. The third-order valence-corrected chi connectivity index (χ3v) is 3.30. The molecule has 1 aromatic rings. The van der Waals surface area contributed by atoms with Crippen LogP contribution in [0.4, 0.5) is 0 Å². The lowest BCUT2D eigenvalue weighted by Crippen LogP contribution is -2.49. The van der Waals surface area contributed by atoms with Gasteiger partial charge < -0.3 is 4.90 Å². The number of piperazine rings is 1. The number of aromatic nitrogens is 2. The number of hydrogen-bond donors (Lipinski definition) is 0. The summed E-state index contributed by atoms with van der Waals surface area (Å²) < 4.78 is 4.69. The van der Waals surface area contributed by atoms with Crippen molar-refractivity contribution in [2.24, 2.45) is 5.92 Å². The molecule has 6 nitrogen and oxygen atoms in total. The number of nitrogens with zero attached hydrogens (tertiary/aromatic N) is 4. The maximum absolute atomic E-state index is 11.8. The van der Waals surface area contributed by atoms with Crippen LogP contribution in [0.3, 0.4) is 0 Å². The van der Waals surface area contributed by atoms with Gasteiger partial charge >= 0.3 is 0 Å². The van der Waals surface area contributed by atoms with E-state index < -0.39 is 0 Å². The molecule has 0 saturated carbocycles. The van der Waals surface area contributed by atoms with E-state index >= 15 is 0 Å². The van der Waals surface area contributed by atoms with Crippen molar-refractivity contribution in [1.29, 1.82) is 0 Å². The molecule has 18 heavy (non-hydrogen) atoms. The average molecular weight is 252 g/mol. The quantitative estimate of drug-likeness (QED) is 0.791. The highest BCUT2D eigenvalue weighted by Gasteiger charge is 2.23. The van der Waals surface area contributed by atoms with Crippen molar-refractivity contribution in [1.82, 2.24) is 20.1 Å². The highest BCUT2D eigenvalue weighted by Crippen LogP contribution is 2.11. The number of rotatable bonds is 3. The van der Waals surface area contributed by atoms with Gasteiger partial charge in [0.1, 0.15) is 11.4 Å². The van der Waals surface area contributed by atoms with Crippen LogP contribution in [-0.2, 0) is 11.3 Å². The molecular formula is C12H20N4O2. The summed E-state index contributed by atoms with van der Waals surface area (Å²) >= 11 is 0. The summed E-state index contributed by atoms with van der Waals surface area (Å²) in [5, 5.41) is 7.66. The zero-order valence-corrected chi connectivity index (χ0v) is 11.2. The van der Waals surface area contributed by atoms with Crippen molar-refractivity contribution in [3.63, 3.8) is 0 Å². The third-order valence-electron chi connectivity index (χ3n) is 3.30. The summed E-state index contributed by atoms with van der Waals surface area (Å²) in [7, 11) is 0. The Kier molecular flexibility index (Phi) is 3.96. The summed E-state index contributed by atoms with van der Waals surface area (Å²) in [4.78, 5) is 16.1. The predicted octanol–water partition coefficient (Wildman–Crippen LogP) is 0.678. The van der Waals surface area contributed by atoms with Crippen LogP contribution in [0.1, 0.15) is 25.2 Å². The van der Waals surface area contributed by atoms with Crippen molar-refractivity contribution in [2.75, 3.05) is 26.2 Å². The second-order valence-electron chi connectivity index (χ2n) is 5.05. The Morgan fingerprint density at radius 3 is 2.44 bits per heavy atom. The van der Waals surface area contributed by atoms with E-state index in [0.29, 0.717) is 0 Å². The second kappa shape index (κ2) is 5.48. The monoisotopic (exact) mass is 252 g/mol. The minimum Gasteiger partial charge on any atom is -0.340 e. The summed E-state index contributed by atoms with van der Waals surface area (Å²) in [5.74, 6) is 0.326. The van der Waals surface area contributed by atoms with E-state index in [2.05, 4.69) is 19.8 Å². The first-order valence-corrected chi connectivity index (χ1v) is 6.37. The largest absolute Gasteiger partial charge is 0.340 e. The van der Waals surface area contributed by atoms with Crippen LogP contribution >= 0.6 is 0 Å². The minimum absolute atomic E-state index is 0.0820. The molecule has 0 spiro atoms. The second-order valence-corrected chi connectivity index (χ2v) is 5.05. The van der Waals surface area contributed by atoms with E-state index in [1.165, 1.54) is 0 Å². The van der Waals surface area contributed by atoms with Crippen molar-refractivity contribution in [3.8, 4) is 0 Å². The minimum atomic E-state index is 0.0820. The molecule has 6 heteroatoms. The van der Waals surface area contributed by atoms with Gasteiger partial charge in [0, 0.05) is 38.6 Å². The molecule has 1 amide bonds. The molecule has 1 aliphatic rings. The molecule has 0 radical (unpaired) electrons. The van der Waals surface area contributed by atoms with Gasteiger partial charge in [-0.15, -0.1) is 0 Å². The van der Waals surface area contributed by atoms with Crippen LogP contribution < -0.4 is 0 Å². The van der Waals surface area contributed by atoms with Gasteiger partial charge in [-0.1, -0.05) is 24.2 Å². The summed E-state index contributed by atoms with van der Waals surface area (Å²) in [6, 6.07) is 0. The molecule has 2 rings (SSSR count). The van der Waals surface area contributed by atoms with Gasteiger partial charge in [-0.05, 0) is 6.92 Å². The standard InChI is InChI=1S/C12H20N4O2/c1-9(2)12(17)16-6-4-15(5-7-16)8-11-10(3)13-18-14-11/h9H,4-8H2,1-3H3. The summed E-state index contributed by atoms with van der Waals surface area (Å²) in [6.45, 7) is 9.87. The Morgan fingerprint density at radius 2 is 1.94 bits per heavy atom. The SMILES string of the molecule is Cc1nonc1CN1CCN(C(=O)C(C)C)CC1. The van der Waals surface area contributed by atoms with Crippen molar-refractivity contribution >= 4 is 5.91 Å². The van der Waals surface area contributed by atoms with Gasteiger partial charge in [-0.25, -0.2) is 4.63 Å². The average Bonchev–Trinajstić information content (AvgIpc) is 2.75. The third kappa shape index (κ3) is 2.87. The molecule has 0 unspecified atom stereocenters. The predicted molar refractivity (Wildman–Crippen MR) is 65.7 cm³/mol. The Hall–Kier alpha value is -1.43. The fourth-order valence-electron chi connectivity index (χ4n) is 2.10. The Bertz CT molecular complexity index is 408. The number of aryl methyl sites for hydroxylation is 1. The first-order valence-electron chi connectivity index (χ1n) is 6.37. The molecule has 100 valence electrons. The van der Waals surface area contributed by atoms with Gasteiger partial charge in [0.15, 0.2) is 0 Å². The van der Waals surface area contributed by atoms with E-state index in [-0.39, 0.29) is 11.8 Å². The lowest BCUT2D eigenvalue weighted by molar-refractivity contribution is -0.136. The van der Waals surface area contributed by atoms with Gasteiger partial charge in [0.2, 0.25) is 5.91 Å². The van der Waals surface area contributed by atoms with Crippen molar-refractivity contribution in [3.05, 3.63) is 11.4 Å². The summed E-state index contributed by atoms with van der Waals surface area (Å²) in [6.07, 6.45) is 0. The molecule has 0 aliphatic carbocycles. The fraction of sp³-hybridized carbons (Fsp3) is 0.750. The molecule has 2 heterocycles. The number of amides is 1. The van der Waals surface area contributed by atoms with E-state index in [9.17, 15) is 4.79 Å². The molecule has 1 saturated heterocycles. The first-order chi connectivity index (χ1) is 8.58. The Labute approximate surface area is 107 Å². The molecule has 0 bridgehead atoms. The molecule has 1 aliphatic heterocycles. The van der Waals surface area contributed by atoms with E-state index in [4.69, 9.17) is 0 Å². The lowest BCUT2D eigenvalue weighted by atomic mass is 10.1. The fourth-order valence-corrected chi connectivity index (χ4v) is 2.10. The molecular weight excluding hydrogens is 232 g/mol. The molecule has 0 atom stereocenters. The van der Waals surface area contributed by atoms with Crippen LogP contribution in [0.2, 0.25) is 0 Å². The lowest BCUT2D eigenvalue weighted by Gasteiger charge is -2.35. The van der Waals surface area contributed by atoms with E-state index in [0.717, 1.165) is 44.1 Å². The number of hydrogen-bond acceptors (Lipinski definition) is 5. The van der Waals surface area contributed by atoms with Gasteiger partial charge in [-0.3, -0.25) is 9.69 Å². The van der Waals surface area contributed by atoms with Crippen LogP contribution in [0.5, 0.6) is 0 Å². The first kappa shape index (κ1) is 13.0. The topological polar surface area (TPSA) is 62.5 Å². The smallest absolute Gasteiger partial charge is 0.225 e. The Morgan fingerprint density at radius 1 is 1.28 bits per heavy atom. The highest BCUT2D eigenvalue weighted by molar-refractivity contribution is 5.78. The van der Waals surface area contributed by atoms with Gasteiger partial charge in [-0.2, -0.15) is 0 Å². The normalized spacial score (nSPS) is 17.4.